The first kappa shape index (κ1) is 16.7. The zero-order chi connectivity index (χ0) is 16.1. The monoisotopic (exact) mass is 305 g/mol. The Kier molecular flexibility index (Phi) is 5.69. The average Bonchev–Trinajstić information content (AvgIpc) is 2.52. The fourth-order valence-corrected chi connectivity index (χ4v) is 2.57. The first-order valence-corrected chi connectivity index (χ1v) is 8.11. The van der Waals surface area contributed by atoms with Crippen molar-refractivity contribution in [2.45, 2.75) is 33.6 Å². The maximum atomic E-state index is 12.6. The predicted octanol–water partition coefficient (Wildman–Crippen LogP) is 3.60. The predicted molar refractivity (Wildman–Crippen MR) is 87.6 cm³/mol. The molecule has 0 bridgehead atoms. The Hall–Kier alpha value is -1.71. The summed E-state index contributed by atoms with van der Waals surface area (Å²) in [6.07, 6.45) is 2.16. The standard InChI is InChI=1S/C18H27NO3/c1-13(2)12-22-16-6-5-15(11-17(16)21-4)18(20)19-9-7-14(3)8-10-19/h5-6,11,13-14H,7-10,12H2,1-4H3. The van der Waals surface area contributed by atoms with E-state index in [0.717, 1.165) is 25.9 Å². The van der Waals surface area contributed by atoms with E-state index in [1.165, 1.54) is 0 Å². The molecule has 1 aromatic carbocycles. The number of carbonyl (C=O) groups excluding carboxylic acids is 1. The van der Waals surface area contributed by atoms with Crippen molar-refractivity contribution in [2.24, 2.45) is 11.8 Å². The lowest BCUT2D eigenvalue weighted by Crippen LogP contribution is -2.37. The molecule has 0 spiro atoms. The maximum Gasteiger partial charge on any atom is 0.253 e. The van der Waals surface area contributed by atoms with Crippen molar-refractivity contribution in [1.82, 2.24) is 4.90 Å². The Bertz CT molecular complexity index is 505. The second-order valence-electron chi connectivity index (χ2n) is 6.55. The number of piperidine rings is 1. The molecular weight excluding hydrogens is 278 g/mol. The average molecular weight is 305 g/mol. The number of methoxy groups -OCH3 is 1. The van der Waals surface area contributed by atoms with Gasteiger partial charge in [-0.25, -0.2) is 0 Å². The third kappa shape index (κ3) is 4.15. The third-order valence-electron chi connectivity index (χ3n) is 4.05. The largest absolute Gasteiger partial charge is 0.493 e. The van der Waals surface area contributed by atoms with Gasteiger partial charge in [0, 0.05) is 18.7 Å². The number of hydrogen-bond acceptors (Lipinski definition) is 3. The van der Waals surface area contributed by atoms with E-state index in [9.17, 15) is 4.79 Å². The smallest absolute Gasteiger partial charge is 0.253 e. The summed E-state index contributed by atoms with van der Waals surface area (Å²) < 4.78 is 11.1. The topological polar surface area (TPSA) is 38.8 Å². The van der Waals surface area contributed by atoms with Gasteiger partial charge in [-0.2, -0.15) is 0 Å². The van der Waals surface area contributed by atoms with Crippen molar-refractivity contribution >= 4 is 5.91 Å². The van der Waals surface area contributed by atoms with Gasteiger partial charge in [-0.05, 0) is 42.9 Å². The van der Waals surface area contributed by atoms with Crippen LogP contribution < -0.4 is 9.47 Å². The third-order valence-corrected chi connectivity index (χ3v) is 4.05. The van der Waals surface area contributed by atoms with Crippen LogP contribution in [0.1, 0.15) is 44.0 Å². The molecule has 0 atom stereocenters. The highest BCUT2D eigenvalue weighted by Gasteiger charge is 2.22. The summed E-state index contributed by atoms with van der Waals surface area (Å²) in [5, 5.41) is 0. The molecule has 0 unspecified atom stereocenters. The first-order chi connectivity index (χ1) is 10.5. The second-order valence-corrected chi connectivity index (χ2v) is 6.55. The quantitative estimate of drug-likeness (QED) is 0.834. The number of hydrogen-bond donors (Lipinski definition) is 0. The molecule has 1 amide bonds. The van der Waals surface area contributed by atoms with Gasteiger partial charge in [-0.1, -0.05) is 20.8 Å². The highest BCUT2D eigenvalue weighted by atomic mass is 16.5. The molecule has 0 aliphatic carbocycles. The molecule has 122 valence electrons. The van der Waals surface area contributed by atoms with Gasteiger partial charge in [0.2, 0.25) is 0 Å². The van der Waals surface area contributed by atoms with Crippen LogP contribution in [0.3, 0.4) is 0 Å². The van der Waals surface area contributed by atoms with Crippen LogP contribution in [0.15, 0.2) is 18.2 Å². The fourth-order valence-electron chi connectivity index (χ4n) is 2.57. The molecule has 2 rings (SSSR count). The van der Waals surface area contributed by atoms with Crippen molar-refractivity contribution in [1.29, 1.82) is 0 Å². The van der Waals surface area contributed by atoms with Gasteiger partial charge in [0.05, 0.1) is 13.7 Å². The molecule has 1 heterocycles. The Labute approximate surface area is 133 Å². The van der Waals surface area contributed by atoms with E-state index >= 15 is 0 Å². The summed E-state index contributed by atoms with van der Waals surface area (Å²) >= 11 is 0. The molecule has 4 nitrogen and oxygen atoms in total. The van der Waals surface area contributed by atoms with Crippen LogP contribution >= 0.6 is 0 Å². The maximum absolute atomic E-state index is 12.6. The van der Waals surface area contributed by atoms with E-state index in [4.69, 9.17) is 9.47 Å². The SMILES string of the molecule is COc1cc(C(=O)N2CCC(C)CC2)ccc1OCC(C)C. The number of benzene rings is 1. The molecule has 1 aliphatic heterocycles. The summed E-state index contributed by atoms with van der Waals surface area (Å²) in [6.45, 7) is 8.75. The van der Waals surface area contributed by atoms with Crippen LogP contribution in [0.2, 0.25) is 0 Å². The molecule has 1 fully saturated rings. The number of rotatable bonds is 5. The molecular formula is C18H27NO3. The minimum atomic E-state index is 0.0839. The van der Waals surface area contributed by atoms with Gasteiger partial charge in [0.25, 0.3) is 5.91 Å². The molecule has 4 heteroatoms. The molecule has 0 radical (unpaired) electrons. The van der Waals surface area contributed by atoms with Crippen molar-refractivity contribution in [3.05, 3.63) is 23.8 Å². The Morgan fingerprint density at radius 1 is 1.27 bits per heavy atom. The van der Waals surface area contributed by atoms with E-state index in [1.807, 2.05) is 17.0 Å². The highest BCUT2D eigenvalue weighted by molar-refractivity contribution is 5.95. The first-order valence-electron chi connectivity index (χ1n) is 8.11. The molecule has 0 aromatic heterocycles. The Morgan fingerprint density at radius 2 is 1.95 bits per heavy atom. The van der Waals surface area contributed by atoms with Gasteiger partial charge in [0.1, 0.15) is 0 Å². The zero-order valence-electron chi connectivity index (χ0n) is 14.1. The molecule has 1 saturated heterocycles. The van der Waals surface area contributed by atoms with Crippen molar-refractivity contribution in [3.63, 3.8) is 0 Å². The van der Waals surface area contributed by atoms with Crippen LogP contribution in [-0.2, 0) is 0 Å². The molecule has 22 heavy (non-hydrogen) atoms. The number of carbonyl (C=O) groups is 1. The summed E-state index contributed by atoms with van der Waals surface area (Å²) in [4.78, 5) is 14.5. The van der Waals surface area contributed by atoms with Gasteiger partial charge < -0.3 is 14.4 Å². The van der Waals surface area contributed by atoms with E-state index in [0.29, 0.717) is 35.5 Å². The van der Waals surface area contributed by atoms with Gasteiger partial charge in [-0.15, -0.1) is 0 Å². The van der Waals surface area contributed by atoms with Crippen LogP contribution in [0.4, 0.5) is 0 Å². The fraction of sp³-hybridized carbons (Fsp3) is 0.611. The second kappa shape index (κ2) is 7.52. The van der Waals surface area contributed by atoms with Crippen molar-refractivity contribution < 1.29 is 14.3 Å². The summed E-state index contributed by atoms with van der Waals surface area (Å²) in [5.41, 5.74) is 0.670. The lowest BCUT2D eigenvalue weighted by Gasteiger charge is -2.30. The van der Waals surface area contributed by atoms with Crippen molar-refractivity contribution in [3.8, 4) is 11.5 Å². The number of amides is 1. The minimum absolute atomic E-state index is 0.0839. The molecule has 0 saturated carbocycles. The van der Waals surface area contributed by atoms with Crippen LogP contribution in [0.5, 0.6) is 11.5 Å². The van der Waals surface area contributed by atoms with Gasteiger partial charge in [-0.3, -0.25) is 4.79 Å². The highest BCUT2D eigenvalue weighted by Crippen LogP contribution is 2.29. The van der Waals surface area contributed by atoms with E-state index < -0.39 is 0 Å². The lowest BCUT2D eigenvalue weighted by atomic mass is 9.98. The number of ether oxygens (including phenoxy) is 2. The number of nitrogens with zero attached hydrogens (tertiary/aromatic N) is 1. The summed E-state index contributed by atoms with van der Waals surface area (Å²) in [6, 6.07) is 5.45. The van der Waals surface area contributed by atoms with Crippen LogP contribution in [-0.4, -0.2) is 37.6 Å². The van der Waals surface area contributed by atoms with E-state index in [2.05, 4.69) is 20.8 Å². The minimum Gasteiger partial charge on any atom is -0.493 e. The van der Waals surface area contributed by atoms with Crippen molar-refractivity contribution in [2.75, 3.05) is 26.8 Å². The Morgan fingerprint density at radius 3 is 2.55 bits per heavy atom. The van der Waals surface area contributed by atoms with Gasteiger partial charge in [0.15, 0.2) is 11.5 Å². The summed E-state index contributed by atoms with van der Waals surface area (Å²) in [7, 11) is 1.61. The summed E-state index contributed by atoms with van der Waals surface area (Å²) in [5.74, 6) is 2.56. The molecule has 0 N–H and O–H groups in total. The number of likely N-dealkylation sites (tertiary alicyclic amines) is 1. The normalized spacial score (nSPS) is 16.0. The van der Waals surface area contributed by atoms with E-state index in [1.54, 1.807) is 13.2 Å². The Balaban J connectivity index is 2.09. The molecule has 1 aliphatic rings. The van der Waals surface area contributed by atoms with Gasteiger partial charge >= 0.3 is 0 Å². The van der Waals surface area contributed by atoms with Crippen LogP contribution in [0, 0.1) is 11.8 Å². The molecule has 1 aromatic rings. The lowest BCUT2D eigenvalue weighted by molar-refractivity contribution is 0.0697. The van der Waals surface area contributed by atoms with E-state index in [-0.39, 0.29) is 5.91 Å². The zero-order valence-corrected chi connectivity index (χ0v) is 14.1. The van der Waals surface area contributed by atoms with Crippen LogP contribution in [0.25, 0.3) is 0 Å².